The summed E-state index contributed by atoms with van der Waals surface area (Å²) in [6.45, 7) is 5.07. The molecule has 0 aliphatic carbocycles. The second kappa shape index (κ2) is 7.90. The summed E-state index contributed by atoms with van der Waals surface area (Å²) in [5, 5.41) is 8.87. The van der Waals surface area contributed by atoms with Gasteiger partial charge in [-0.2, -0.15) is 0 Å². The Kier molecular flexibility index (Phi) is 5.87. The molecule has 1 N–H and O–H groups in total. The summed E-state index contributed by atoms with van der Waals surface area (Å²) in [6.07, 6.45) is 3.93. The lowest BCUT2D eigenvalue weighted by Crippen LogP contribution is -2.30. The zero-order chi connectivity index (χ0) is 14.2. The van der Waals surface area contributed by atoms with Crippen molar-refractivity contribution in [2.75, 3.05) is 37.6 Å². The molecule has 110 valence electrons. The molecular formula is C16H24N2O2. The SMILES string of the molecule is O=C(O)CCN(CCCN1CCCC1)c1ccccc1. The quantitative estimate of drug-likeness (QED) is 0.792. The van der Waals surface area contributed by atoms with Gasteiger partial charge in [0, 0.05) is 18.8 Å². The molecule has 0 unspecified atom stereocenters. The normalized spacial score (nSPS) is 15.4. The van der Waals surface area contributed by atoms with Gasteiger partial charge in [-0.15, -0.1) is 0 Å². The lowest BCUT2D eigenvalue weighted by molar-refractivity contribution is -0.136. The van der Waals surface area contributed by atoms with Gasteiger partial charge >= 0.3 is 5.97 Å². The topological polar surface area (TPSA) is 43.8 Å². The van der Waals surface area contributed by atoms with Crippen molar-refractivity contribution in [3.8, 4) is 0 Å². The van der Waals surface area contributed by atoms with Crippen LogP contribution in [0.3, 0.4) is 0 Å². The first-order valence-corrected chi connectivity index (χ1v) is 7.50. The van der Waals surface area contributed by atoms with E-state index in [2.05, 4.69) is 21.9 Å². The Morgan fingerprint density at radius 1 is 1.15 bits per heavy atom. The van der Waals surface area contributed by atoms with Crippen molar-refractivity contribution in [1.82, 2.24) is 4.90 Å². The molecule has 0 spiro atoms. The van der Waals surface area contributed by atoms with E-state index in [0.29, 0.717) is 6.54 Å². The minimum Gasteiger partial charge on any atom is -0.481 e. The first kappa shape index (κ1) is 14.9. The molecule has 0 atom stereocenters. The van der Waals surface area contributed by atoms with Gasteiger partial charge in [-0.25, -0.2) is 0 Å². The zero-order valence-electron chi connectivity index (χ0n) is 12.0. The standard InChI is InChI=1S/C16H24N2O2/c19-16(20)9-14-18(15-7-2-1-3-8-15)13-6-12-17-10-4-5-11-17/h1-3,7-8H,4-6,9-14H2,(H,19,20). The van der Waals surface area contributed by atoms with E-state index in [1.54, 1.807) is 0 Å². The Labute approximate surface area is 121 Å². The van der Waals surface area contributed by atoms with Crippen LogP contribution in [-0.4, -0.2) is 48.7 Å². The fourth-order valence-electron chi connectivity index (χ4n) is 2.73. The van der Waals surface area contributed by atoms with Gasteiger partial charge in [0.05, 0.1) is 6.42 Å². The number of rotatable bonds is 8. The third-order valence-electron chi connectivity index (χ3n) is 3.82. The number of aliphatic carboxylic acids is 1. The van der Waals surface area contributed by atoms with Gasteiger partial charge in [0.1, 0.15) is 0 Å². The molecule has 1 saturated heterocycles. The van der Waals surface area contributed by atoms with Crippen LogP contribution in [0, 0.1) is 0 Å². The number of carbonyl (C=O) groups is 1. The van der Waals surface area contributed by atoms with E-state index in [-0.39, 0.29) is 6.42 Å². The van der Waals surface area contributed by atoms with Crippen molar-refractivity contribution in [2.45, 2.75) is 25.7 Å². The zero-order valence-corrected chi connectivity index (χ0v) is 12.0. The first-order valence-electron chi connectivity index (χ1n) is 7.50. The third kappa shape index (κ3) is 4.85. The van der Waals surface area contributed by atoms with E-state index in [0.717, 1.165) is 25.2 Å². The monoisotopic (exact) mass is 276 g/mol. The van der Waals surface area contributed by atoms with Gasteiger partial charge in [-0.05, 0) is 51.0 Å². The smallest absolute Gasteiger partial charge is 0.305 e. The van der Waals surface area contributed by atoms with Crippen molar-refractivity contribution >= 4 is 11.7 Å². The summed E-state index contributed by atoms with van der Waals surface area (Å²) in [5.41, 5.74) is 1.12. The van der Waals surface area contributed by atoms with Crippen molar-refractivity contribution in [2.24, 2.45) is 0 Å². The van der Waals surface area contributed by atoms with Gasteiger partial charge in [-0.3, -0.25) is 4.79 Å². The van der Waals surface area contributed by atoms with E-state index >= 15 is 0 Å². The molecule has 0 amide bonds. The summed E-state index contributed by atoms with van der Waals surface area (Å²) < 4.78 is 0. The van der Waals surface area contributed by atoms with Gasteiger partial charge in [-0.1, -0.05) is 18.2 Å². The highest BCUT2D eigenvalue weighted by Crippen LogP contribution is 2.15. The maximum Gasteiger partial charge on any atom is 0.305 e. The van der Waals surface area contributed by atoms with Crippen LogP contribution in [0.1, 0.15) is 25.7 Å². The van der Waals surface area contributed by atoms with Crippen LogP contribution in [0.15, 0.2) is 30.3 Å². The van der Waals surface area contributed by atoms with Crippen LogP contribution in [0.4, 0.5) is 5.69 Å². The number of hydrogen-bond acceptors (Lipinski definition) is 3. The van der Waals surface area contributed by atoms with Crippen LogP contribution < -0.4 is 4.90 Å². The fourth-order valence-corrected chi connectivity index (χ4v) is 2.73. The average Bonchev–Trinajstić information content (AvgIpc) is 2.96. The highest BCUT2D eigenvalue weighted by molar-refractivity contribution is 5.67. The number of benzene rings is 1. The molecule has 0 bridgehead atoms. The maximum absolute atomic E-state index is 10.8. The molecule has 0 radical (unpaired) electrons. The van der Waals surface area contributed by atoms with Crippen LogP contribution >= 0.6 is 0 Å². The Hall–Kier alpha value is -1.55. The molecule has 1 aromatic rings. The number of carboxylic acid groups (broad SMARTS) is 1. The van der Waals surface area contributed by atoms with E-state index in [1.807, 2.05) is 18.2 Å². The summed E-state index contributed by atoms with van der Waals surface area (Å²) in [7, 11) is 0. The van der Waals surface area contributed by atoms with Gasteiger partial charge in [0.15, 0.2) is 0 Å². The average molecular weight is 276 g/mol. The Morgan fingerprint density at radius 2 is 1.85 bits per heavy atom. The highest BCUT2D eigenvalue weighted by atomic mass is 16.4. The number of carboxylic acids is 1. The minimum absolute atomic E-state index is 0.193. The first-order chi connectivity index (χ1) is 9.75. The molecule has 2 rings (SSSR count). The molecule has 4 heteroatoms. The number of anilines is 1. The van der Waals surface area contributed by atoms with Crippen molar-refractivity contribution in [3.05, 3.63) is 30.3 Å². The Morgan fingerprint density at radius 3 is 2.50 bits per heavy atom. The van der Waals surface area contributed by atoms with Crippen molar-refractivity contribution in [1.29, 1.82) is 0 Å². The lowest BCUT2D eigenvalue weighted by Gasteiger charge is -2.25. The summed E-state index contributed by atoms with van der Waals surface area (Å²) in [4.78, 5) is 15.5. The Bertz CT molecular complexity index is 402. The molecule has 1 aliphatic rings. The molecule has 1 aliphatic heterocycles. The molecule has 1 fully saturated rings. The summed E-state index contributed by atoms with van der Waals surface area (Å²) in [5.74, 6) is -0.731. The molecule has 0 saturated carbocycles. The van der Waals surface area contributed by atoms with E-state index in [4.69, 9.17) is 5.11 Å². The van der Waals surface area contributed by atoms with Crippen LogP contribution in [0.5, 0.6) is 0 Å². The van der Waals surface area contributed by atoms with Crippen LogP contribution in [0.2, 0.25) is 0 Å². The van der Waals surface area contributed by atoms with Crippen LogP contribution in [-0.2, 0) is 4.79 Å². The van der Waals surface area contributed by atoms with Crippen molar-refractivity contribution < 1.29 is 9.90 Å². The molecule has 20 heavy (non-hydrogen) atoms. The summed E-state index contributed by atoms with van der Waals surface area (Å²) >= 11 is 0. The summed E-state index contributed by atoms with van der Waals surface area (Å²) in [6, 6.07) is 10.1. The lowest BCUT2D eigenvalue weighted by atomic mass is 10.2. The molecular weight excluding hydrogens is 252 g/mol. The molecule has 1 heterocycles. The molecule has 4 nitrogen and oxygen atoms in total. The Balaban J connectivity index is 1.83. The molecule has 1 aromatic carbocycles. The minimum atomic E-state index is -0.731. The number of para-hydroxylation sites is 1. The van der Waals surface area contributed by atoms with E-state index < -0.39 is 5.97 Å². The highest BCUT2D eigenvalue weighted by Gasteiger charge is 2.12. The van der Waals surface area contributed by atoms with Crippen LogP contribution in [0.25, 0.3) is 0 Å². The van der Waals surface area contributed by atoms with Gasteiger partial charge < -0.3 is 14.9 Å². The number of likely N-dealkylation sites (tertiary alicyclic amines) is 1. The second-order valence-corrected chi connectivity index (χ2v) is 5.37. The fraction of sp³-hybridized carbons (Fsp3) is 0.562. The van der Waals surface area contributed by atoms with Gasteiger partial charge in [0.25, 0.3) is 0 Å². The van der Waals surface area contributed by atoms with Gasteiger partial charge in [0.2, 0.25) is 0 Å². The third-order valence-corrected chi connectivity index (χ3v) is 3.82. The van der Waals surface area contributed by atoms with E-state index in [9.17, 15) is 4.79 Å². The largest absolute Gasteiger partial charge is 0.481 e. The second-order valence-electron chi connectivity index (χ2n) is 5.37. The predicted molar refractivity (Wildman–Crippen MR) is 81.2 cm³/mol. The molecule has 0 aromatic heterocycles. The maximum atomic E-state index is 10.8. The van der Waals surface area contributed by atoms with Crippen molar-refractivity contribution in [3.63, 3.8) is 0 Å². The number of nitrogens with zero attached hydrogens (tertiary/aromatic N) is 2. The number of hydrogen-bond donors (Lipinski definition) is 1. The van der Waals surface area contributed by atoms with E-state index in [1.165, 1.54) is 25.9 Å². The predicted octanol–water partition coefficient (Wildman–Crippen LogP) is 2.45.